The van der Waals surface area contributed by atoms with Gasteiger partial charge in [0.25, 0.3) is 0 Å². The van der Waals surface area contributed by atoms with Crippen molar-refractivity contribution >= 4 is 10.0 Å². The van der Waals surface area contributed by atoms with Crippen molar-refractivity contribution in [2.24, 2.45) is 0 Å². The molecule has 3 rings (SSSR count). The molecule has 1 saturated heterocycles. The Bertz CT molecular complexity index is 726. The summed E-state index contributed by atoms with van der Waals surface area (Å²) in [6, 6.07) is 11.7. The Labute approximate surface area is 138 Å². The summed E-state index contributed by atoms with van der Waals surface area (Å²) >= 11 is 0. The highest BCUT2D eigenvalue weighted by molar-refractivity contribution is 7.89. The standard InChI is InChI=1S/C18H24N2O2S/c1-15(2)16-5-7-18(8-6-16)23(21,22)20-13-9-17(10-14-20)19-11-3-4-12-19/h3-8,11-12,15,17H,9-10,13-14H2,1-2H3. The van der Waals surface area contributed by atoms with Crippen LogP contribution in [-0.2, 0) is 10.0 Å². The van der Waals surface area contributed by atoms with Crippen molar-refractivity contribution in [2.75, 3.05) is 13.1 Å². The number of hydrogen-bond acceptors (Lipinski definition) is 2. The molecule has 0 unspecified atom stereocenters. The number of rotatable bonds is 4. The van der Waals surface area contributed by atoms with Crippen molar-refractivity contribution in [1.29, 1.82) is 0 Å². The Morgan fingerprint density at radius 2 is 1.57 bits per heavy atom. The van der Waals surface area contributed by atoms with Crippen LogP contribution in [0.5, 0.6) is 0 Å². The maximum Gasteiger partial charge on any atom is 0.243 e. The van der Waals surface area contributed by atoms with E-state index in [1.165, 1.54) is 0 Å². The topological polar surface area (TPSA) is 42.3 Å². The van der Waals surface area contributed by atoms with Crippen LogP contribution in [0.2, 0.25) is 0 Å². The van der Waals surface area contributed by atoms with Crippen LogP contribution in [0.1, 0.15) is 44.2 Å². The number of hydrogen-bond donors (Lipinski definition) is 0. The molecule has 124 valence electrons. The summed E-state index contributed by atoms with van der Waals surface area (Å²) < 4.78 is 29.4. The van der Waals surface area contributed by atoms with E-state index in [0.29, 0.717) is 29.9 Å². The monoisotopic (exact) mass is 332 g/mol. The molecule has 0 N–H and O–H groups in total. The summed E-state index contributed by atoms with van der Waals surface area (Å²) in [5.74, 6) is 0.407. The third-order valence-electron chi connectivity index (χ3n) is 4.66. The normalized spacial score (nSPS) is 17.7. The van der Waals surface area contributed by atoms with Crippen LogP contribution >= 0.6 is 0 Å². The van der Waals surface area contributed by atoms with E-state index in [1.807, 2.05) is 24.3 Å². The second-order valence-electron chi connectivity index (χ2n) is 6.49. The fourth-order valence-electron chi connectivity index (χ4n) is 3.15. The maximum absolute atomic E-state index is 12.8. The molecule has 0 aliphatic carbocycles. The molecule has 0 bridgehead atoms. The Kier molecular flexibility index (Phi) is 4.60. The van der Waals surface area contributed by atoms with Crippen molar-refractivity contribution < 1.29 is 8.42 Å². The fraction of sp³-hybridized carbons (Fsp3) is 0.444. The Balaban J connectivity index is 1.71. The minimum Gasteiger partial charge on any atom is -0.351 e. The van der Waals surface area contributed by atoms with Gasteiger partial charge in [0.2, 0.25) is 10.0 Å². The van der Waals surface area contributed by atoms with Crippen LogP contribution in [0, 0.1) is 0 Å². The molecule has 1 aromatic carbocycles. The van der Waals surface area contributed by atoms with E-state index in [2.05, 4.69) is 30.8 Å². The molecule has 0 atom stereocenters. The molecule has 2 aromatic rings. The summed E-state index contributed by atoms with van der Waals surface area (Å²) in [5.41, 5.74) is 1.16. The van der Waals surface area contributed by atoms with Crippen molar-refractivity contribution in [3.8, 4) is 0 Å². The van der Waals surface area contributed by atoms with Gasteiger partial charge < -0.3 is 4.57 Å². The van der Waals surface area contributed by atoms with Crippen LogP contribution in [0.15, 0.2) is 53.7 Å². The van der Waals surface area contributed by atoms with E-state index in [9.17, 15) is 8.42 Å². The van der Waals surface area contributed by atoms with Gasteiger partial charge in [-0.2, -0.15) is 4.31 Å². The lowest BCUT2D eigenvalue weighted by Crippen LogP contribution is -2.38. The lowest BCUT2D eigenvalue weighted by atomic mass is 10.0. The van der Waals surface area contributed by atoms with Crippen LogP contribution in [-0.4, -0.2) is 30.4 Å². The quantitative estimate of drug-likeness (QED) is 0.858. The van der Waals surface area contributed by atoms with Crippen molar-refractivity contribution in [1.82, 2.24) is 8.87 Å². The molecular formula is C18H24N2O2S. The largest absolute Gasteiger partial charge is 0.351 e. The SMILES string of the molecule is CC(C)c1ccc(S(=O)(=O)N2CCC(n3cccc3)CC2)cc1. The second-order valence-corrected chi connectivity index (χ2v) is 8.43. The average molecular weight is 332 g/mol. The molecule has 5 heteroatoms. The van der Waals surface area contributed by atoms with E-state index in [-0.39, 0.29) is 0 Å². The van der Waals surface area contributed by atoms with E-state index in [0.717, 1.165) is 18.4 Å². The lowest BCUT2D eigenvalue weighted by Gasteiger charge is -2.32. The zero-order valence-corrected chi connectivity index (χ0v) is 14.5. The Morgan fingerprint density at radius 1 is 1.00 bits per heavy atom. The fourth-order valence-corrected chi connectivity index (χ4v) is 4.62. The molecule has 1 aliphatic rings. The van der Waals surface area contributed by atoms with E-state index < -0.39 is 10.0 Å². The van der Waals surface area contributed by atoms with E-state index in [1.54, 1.807) is 16.4 Å². The van der Waals surface area contributed by atoms with Gasteiger partial charge in [0, 0.05) is 31.5 Å². The van der Waals surface area contributed by atoms with Crippen molar-refractivity contribution in [2.45, 2.75) is 43.5 Å². The molecule has 0 amide bonds. The first-order valence-corrected chi connectivity index (χ1v) is 9.65. The molecule has 0 spiro atoms. The first kappa shape index (κ1) is 16.3. The van der Waals surface area contributed by atoms with E-state index in [4.69, 9.17) is 0 Å². The molecule has 2 heterocycles. The zero-order chi connectivity index (χ0) is 16.4. The van der Waals surface area contributed by atoms with Gasteiger partial charge in [-0.15, -0.1) is 0 Å². The average Bonchev–Trinajstić information content (AvgIpc) is 3.09. The smallest absolute Gasteiger partial charge is 0.243 e. The molecule has 1 aromatic heterocycles. The number of piperidine rings is 1. The van der Waals surface area contributed by atoms with Crippen LogP contribution in [0.25, 0.3) is 0 Å². The van der Waals surface area contributed by atoms with E-state index >= 15 is 0 Å². The first-order chi connectivity index (χ1) is 11.0. The Morgan fingerprint density at radius 3 is 2.09 bits per heavy atom. The highest BCUT2D eigenvalue weighted by atomic mass is 32.2. The van der Waals surface area contributed by atoms with Gasteiger partial charge in [-0.1, -0.05) is 26.0 Å². The molecule has 4 nitrogen and oxygen atoms in total. The molecular weight excluding hydrogens is 308 g/mol. The summed E-state index contributed by atoms with van der Waals surface area (Å²) in [6.07, 6.45) is 5.83. The zero-order valence-electron chi connectivity index (χ0n) is 13.7. The first-order valence-electron chi connectivity index (χ1n) is 8.21. The maximum atomic E-state index is 12.8. The van der Waals surface area contributed by atoms with Gasteiger partial charge >= 0.3 is 0 Å². The number of benzene rings is 1. The summed E-state index contributed by atoms with van der Waals surface area (Å²) in [5, 5.41) is 0. The summed E-state index contributed by atoms with van der Waals surface area (Å²) in [7, 11) is -3.37. The summed E-state index contributed by atoms with van der Waals surface area (Å²) in [4.78, 5) is 0.404. The number of sulfonamides is 1. The predicted octanol–water partition coefficient (Wildman–Crippen LogP) is 3.64. The molecule has 23 heavy (non-hydrogen) atoms. The lowest BCUT2D eigenvalue weighted by molar-refractivity contribution is 0.274. The Hall–Kier alpha value is -1.59. The predicted molar refractivity (Wildman–Crippen MR) is 92.0 cm³/mol. The number of aromatic nitrogens is 1. The van der Waals surface area contributed by atoms with Crippen molar-refractivity contribution in [3.63, 3.8) is 0 Å². The van der Waals surface area contributed by atoms with Crippen LogP contribution in [0.4, 0.5) is 0 Å². The van der Waals surface area contributed by atoms with Crippen molar-refractivity contribution in [3.05, 3.63) is 54.4 Å². The highest BCUT2D eigenvalue weighted by Gasteiger charge is 2.29. The molecule has 0 saturated carbocycles. The summed E-state index contributed by atoms with van der Waals surface area (Å²) in [6.45, 7) is 5.37. The minimum atomic E-state index is -3.37. The molecule has 1 aliphatic heterocycles. The third kappa shape index (κ3) is 3.35. The van der Waals surface area contributed by atoms with Gasteiger partial charge in [-0.25, -0.2) is 8.42 Å². The van der Waals surface area contributed by atoms with Crippen LogP contribution < -0.4 is 0 Å². The van der Waals surface area contributed by atoms with Crippen LogP contribution in [0.3, 0.4) is 0 Å². The second kappa shape index (κ2) is 6.49. The minimum absolute atomic E-state index is 0.403. The van der Waals surface area contributed by atoms with Gasteiger partial charge in [0.15, 0.2) is 0 Å². The van der Waals surface area contributed by atoms with Gasteiger partial charge in [-0.05, 0) is 48.6 Å². The number of nitrogens with zero attached hydrogens (tertiary/aromatic N) is 2. The molecule has 0 radical (unpaired) electrons. The third-order valence-corrected chi connectivity index (χ3v) is 6.57. The van der Waals surface area contributed by atoms with Gasteiger partial charge in [0.1, 0.15) is 0 Å². The van der Waals surface area contributed by atoms with Gasteiger partial charge in [-0.3, -0.25) is 0 Å². The molecule has 1 fully saturated rings. The highest BCUT2D eigenvalue weighted by Crippen LogP contribution is 2.27. The van der Waals surface area contributed by atoms with Gasteiger partial charge in [0.05, 0.1) is 4.90 Å².